The van der Waals surface area contributed by atoms with E-state index >= 15 is 0 Å². The highest BCUT2D eigenvalue weighted by molar-refractivity contribution is 5.77. The molecule has 1 amide bonds. The van der Waals surface area contributed by atoms with Crippen molar-refractivity contribution in [3.63, 3.8) is 0 Å². The number of anilines is 1. The molecule has 134 valence electrons. The van der Waals surface area contributed by atoms with Crippen LogP contribution in [0.15, 0.2) is 43.2 Å². The maximum absolute atomic E-state index is 11.7. The van der Waals surface area contributed by atoms with E-state index in [0.717, 1.165) is 11.6 Å². The van der Waals surface area contributed by atoms with Crippen molar-refractivity contribution in [1.29, 1.82) is 0 Å². The zero-order valence-corrected chi connectivity index (χ0v) is 14.2. The fraction of sp³-hybridized carbons (Fsp3) is 0.250. The molecule has 0 aliphatic heterocycles. The molecule has 0 fully saturated rings. The van der Waals surface area contributed by atoms with E-state index in [2.05, 4.69) is 35.6 Å². The standard InChI is InChI=1S/C16H18N8O2/c1-12-17-7-8-24(12)14-9-13(22-11-23-14)18-5-6-19-15(25)10-26-16-20-3-2-4-21-16/h2-4,7-9,11H,5-6,10H2,1H3,(H,19,25)(H,18,22,23). The minimum absolute atomic E-state index is 0.137. The van der Waals surface area contributed by atoms with Gasteiger partial charge in [-0.05, 0) is 13.0 Å². The van der Waals surface area contributed by atoms with Gasteiger partial charge in [0.25, 0.3) is 5.91 Å². The zero-order valence-electron chi connectivity index (χ0n) is 14.2. The minimum atomic E-state index is -0.253. The number of ether oxygens (including phenoxy) is 1. The van der Waals surface area contributed by atoms with Gasteiger partial charge < -0.3 is 15.4 Å². The van der Waals surface area contributed by atoms with Gasteiger partial charge in [-0.3, -0.25) is 9.36 Å². The molecule has 0 saturated heterocycles. The minimum Gasteiger partial charge on any atom is -0.453 e. The third kappa shape index (κ3) is 4.72. The SMILES string of the molecule is Cc1nccn1-c1cc(NCCNC(=O)COc2ncccn2)ncn1. The molecule has 0 unspecified atom stereocenters. The molecule has 3 heterocycles. The summed E-state index contributed by atoms with van der Waals surface area (Å²) < 4.78 is 7.03. The molecular formula is C16H18N8O2. The van der Waals surface area contributed by atoms with E-state index < -0.39 is 0 Å². The van der Waals surface area contributed by atoms with Gasteiger partial charge in [0, 0.05) is 43.9 Å². The van der Waals surface area contributed by atoms with E-state index in [1.54, 1.807) is 24.7 Å². The first-order valence-corrected chi connectivity index (χ1v) is 7.95. The van der Waals surface area contributed by atoms with Gasteiger partial charge in [0.05, 0.1) is 0 Å². The number of nitrogens with one attached hydrogen (secondary N) is 2. The number of imidazole rings is 1. The highest BCUT2D eigenvalue weighted by Gasteiger charge is 2.05. The van der Waals surface area contributed by atoms with Gasteiger partial charge in [-0.1, -0.05) is 0 Å². The van der Waals surface area contributed by atoms with Crippen LogP contribution in [0.1, 0.15) is 5.82 Å². The summed E-state index contributed by atoms with van der Waals surface area (Å²) >= 11 is 0. The van der Waals surface area contributed by atoms with Gasteiger partial charge >= 0.3 is 6.01 Å². The number of aromatic nitrogens is 6. The molecule has 0 atom stereocenters. The third-order valence-electron chi connectivity index (χ3n) is 3.35. The molecule has 3 aromatic heterocycles. The van der Waals surface area contributed by atoms with Gasteiger partial charge in [0.15, 0.2) is 6.61 Å². The van der Waals surface area contributed by atoms with Crippen molar-refractivity contribution in [3.8, 4) is 11.8 Å². The summed E-state index contributed by atoms with van der Waals surface area (Å²) in [6.45, 7) is 2.68. The molecule has 26 heavy (non-hydrogen) atoms. The summed E-state index contributed by atoms with van der Waals surface area (Å²) in [5, 5.41) is 5.86. The van der Waals surface area contributed by atoms with Gasteiger partial charge in [0.1, 0.15) is 23.8 Å². The lowest BCUT2D eigenvalue weighted by atomic mass is 10.4. The number of nitrogens with zero attached hydrogens (tertiary/aromatic N) is 6. The summed E-state index contributed by atoms with van der Waals surface area (Å²) in [5.74, 6) is 1.96. The summed E-state index contributed by atoms with van der Waals surface area (Å²) in [5.41, 5.74) is 0. The highest BCUT2D eigenvalue weighted by Crippen LogP contribution is 2.10. The molecule has 0 spiro atoms. The van der Waals surface area contributed by atoms with Crippen molar-refractivity contribution >= 4 is 11.7 Å². The van der Waals surface area contributed by atoms with Crippen LogP contribution < -0.4 is 15.4 Å². The number of amides is 1. The average molecular weight is 354 g/mol. The molecule has 0 aliphatic carbocycles. The Kier molecular flexibility index (Phi) is 5.65. The van der Waals surface area contributed by atoms with Crippen molar-refractivity contribution in [1.82, 2.24) is 34.8 Å². The van der Waals surface area contributed by atoms with E-state index in [1.807, 2.05) is 23.8 Å². The fourth-order valence-electron chi connectivity index (χ4n) is 2.13. The first kappa shape index (κ1) is 17.3. The van der Waals surface area contributed by atoms with Crippen molar-refractivity contribution < 1.29 is 9.53 Å². The maximum atomic E-state index is 11.7. The summed E-state index contributed by atoms with van der Waals surface area (Å²) in [7, 11) is 0. The molecule has 10 heteroatoms. The molecule has 10 nitrogen and oxygen atoms in total. The third-order valence-corrected chi connectivity index (χ3v) is 3.35. The Labute approximate surface area is 149 Å². The van der Waals surface area contributed by atoms with E-state index in [4.69, 9.17) is 4.74 Å². The lowest BCUT2D eigenvalue weighted by Crippen LogP contribution is -2.33. The van der Waals surface area contributed by atoms with Crippen LogP contribution in [0.25, 0.3) is 5.82 Å². The molecule has 0 aromatic carbocycles. The number of hydrogen-bond acceptors (Lipinski definition) is 8. The van der Waals surface area contributed by atoms with E-state index in [9.17, 15) is 4.79 Å². The predicted octanol–water partition coefficient (Wildman–Crippen LogP) is 0.368. The predicted molar refractivity (Wildman–Crippen MR) is 92.9 cm³/mol. The highest BCUT2D eigenvalue weighted by atomic mass is 16.5. The van der Waals surface area contributed by atoms with Gasteiger partial charge in [-0.2, -0.15) is 0 Å². The van der Waals surface area contributed by atoms with Crippen LogP contribution in [0.3, 0.4) is 0 Å². The van der Waals surface area contributed by atoms with E-state index in [1.165, 1.54) is 6.33 Å². The molecule has 0 saturated carbocycles. The van der Waals surface area contributed by atoms with Crippen LogP contribution in [-0.4, -0.2) is 55.1 Å². The van der Waals surface area contributed by atoms with Crippen molar-refractivity contribution in [2.24, 2.45) is 0 Å². The Bertz CT molecular complexity index is 852. The van der Waals surface area contributed by atoms with Gasteiger partial charge in [-0.15, -0.1) is 0 Å². The molecule has 0 radical (unpaired) electrons. The normalized spacial score (nSPS) is 10.3. The smallest absolute Gasteiger partial charge is 0.316 e. The number of rotatable bonds is 8. The second kappa shape index (κ2) is 8.51. The zero-order chi connectivity index (χ0) is 18.2. The molecular weight excluding hydrogens is 336 g/mol. The number of hydrogen-bond donors (Lipinski definition) is 2. The summed E-state index contributed by atoms with van der Waals surface area (Å²) in [4.78, 5) is 32.0. The lowest BCUT2D eigenvalue weighted by Gasteiger charge is -2.09. The monoisotopic (exact) mass is 354 g/mol. The van der Waals surface area contributed by atoms with E-state index in [-0.39, 0.29) is 18.5 Å². The maximum Gasteiger partial charge on any atom is 0.316 e. The molecule has 2 N–H and O–H groups in total. The second-order valence-corrected chi connectivity index (χ2v) is 5.20. The van der Waals surface area contributed by atoms with Crippen LogP contribution in [-0.2, 0) is 4.79 Å². The Morgan fingerprint density at radius 3 is 2.73 bits per heavy atom. The summed E-state index contributed by atoms with van der Waals surface area (Å²) in [6.07, 6.45) is 8.11. The Morgan fingerprint density at radius 1 is 1.12 bits per heavy atom. The van der Waals surface area contributed by atoms with Crippen molar-refractivity contribution in [2.75, 3.05) is 25.0 Å². The van der Waals surface area contributed by atoms with Crippen LogP contribution in [0.4, 0.5) is 5.82 Å². The van der Waals surface area contributed by atoms with Crippen LogP contribution >= 0.6 is 0 Å². The lowest BCUT2D eigenvalue weighted by molar-refractivity contribution is -0.123. The Morgan fingerprint density at radius 2 is 1.96 bits per heavy atom. The quantitative estimate of drug-likeness (QED) is 0.557. The van der Waals surface area contributed by atoms with Gasteiger partial charge in [-0.25, -0.2) is 24.9 Å². The molecule has 3 rings (SSSR count). The fourth-order valence-corrected chi connectivity index (χ4v) is 2.13. The van der Waals surface area contributed by atoms with Gasteiger partial charge in [0.2, 0.25) is 0 Å². The first-order valence-electron chi connectivity index (χ1n) is 7.95. The average Bonchev–Trinajstić information content (AvgIpc) is 3.11. The van der Waals surface area contributed by atoms with Crippen molar-refractivity contribution in [2.45, 2.75) is 6.92 Å². The molecule has 3 aromatic rings. The van der Waals surface area contributed by atoms with Crippen LogP contribution in [0.2, 0.25) is 0 Å². The van der Waals surface area contributed by atoms with E-state index in [0.29, 0.717) is 18.9 Å². The Hall–Kier alpha value is -3.56. The first-order chi connectivity index (χ1) is 12.7. The number of carbonyl (C=O) groups is 1. The van der Waals surface area contributed by atoms with Crippen LogP contribution in [0, 0.1) is 6.92 Å². The van der Waals surface area contributed by atoms with Crippen LogP contribution in [0.5, 0.6) is 6.01 Å². The number of carbonyl (C=O) groups excluding carboxylic acids is 1. The van der Waals surface area contributed by atoms with Crippen molar-refractivity contribution in [3.05, 3.63) is 49.1 Å². The Balaban J connectivity index is 1.41. The number of aryl methyl sites for hydroxylation is 1. The molecule has 0 bridgehead atoms. The second-order valence-electron chi connectivity index (χ2n) is 5.20. The topological polar surface area (TPSA) is 120 Å². The largest absolute Gasteiger partial charge is 0.453 e. The summed E-state index contributed by atoms with van der Waals surface area (Å²) in [6, 6.07) is 3.65. The molecule has 0 aliphatic rings.